The minimum Gasteiger partial charge on any atom is -0.492 e. The van der Waals surface area contributed by atoms with Crippen molar-refractivity contribution in [3.05, 3.63) is 60.3 Å². The van der Waals surface area contributed by atoms with Crippen molar-refractivity contribution >= 4 is 22.7 Å². The average molecular weight is 403 g/mol. The minimum absolute atomic E-state index is 0.0423. The second kappa shape index (κ2) is 8.53. The Hall–Kier alpha value is -3.41. The number of carbonyl (C=O) groups excluding carboxylic acids is 2. The molecule has 0 aliphatic carbocycles. The molecular weight excluding hydrogens is 378 g/mol. The predicted octanol–water partition coefficient (Wildman–Crippen LogP) is 3.40. The second-order valence-electron chi connectivity index (χ2n) is 7.80. The van der Waals surface area contributed by atoms with Crippen LogP contribution in [0.2, 0.25) is 0 Å². The molecule has 1 aliphatic rings. The molecule has 0 saturated carbocycles. The van der Waals surface area contributed by atoms with E-state index in [0.29, 0.717) is 26.1 Å². The zero-order chi connectivity index (χ0) is 21.1. The van der Waals surface area contributed by atoms with Gasteiger partial charge in [0.1, 0.15) is 5.75 Å². The van der Waals surface area contributed by atoms with Crippen molar-refractivity contribution in [2.75, 3.05) is 20.2 Å². The lowest BCUT2D eigenvalue weighted by molar-refractivity contribution is -0.128. The molecule has 1 fully saturated rings. The quantitative estimate of drug-likeness (QED) is 0.685. The summed E-state index contributed by atoms with van der Waals surface area (Å²) in [4.78, 5) is 29.1. The van der Waals surface area contributed by atoms with Crippen LogP contribution in [-0.4, -0.2) is 41.9 Å². The normalized spacial score (nSPS) is 15.8. The molecule has 1 saturated heterocycles. The van der Waals surface area contributed by atoms with Crippen LogP contribution in [0.25, 0.3) is 22.0 Å². The van der Waals surface area contributed by atoms with Crippen LogP contribution in [0, 0.1) is 5.92 Å². The zero-order valence-electron chi connectivity index (χ0n) is 17.2. The van der Waals surface area contributed by atoms with Gasteiger partial charge in [0.25, 0.3) is 0 Å². The summed E-state index contributed by atoms with van der Waals surface area (Å²) in [5.74, 6) is 1.08. The number of carbonyl (C=O) groups is 2. The van der Waals surface area contributed by atoms with E-state index < -0.39 is 0 Å². The molecule has 3 aromatic rings. The lowest BCUT2D eigenvalue weighted by atomic mass is 10.0. The Bertz CT molecular complexity index is 1080. The Morgan fingerprint density at radius 1 is 1.20 bits per heavy atom. The number of pyridine rings is 1. The van der Waals surface area contributed by atoms with E-state index in [1.54, 1.807) is 25.1 Å². The number of rotatable bonds is 6. The van der Waals surface area contributed by atoms with E-state index in [1.165, 1.54) is 0 Å². The maximum absolute atomic E-state index is 11.5. The van der Waals surface area contributed by atoms with Gasteiger partial charge in [-0.05, 0) is 41.0 Å². The minimum atomic E-state index is 0.0423. The molecule has 0 radical (unpaired) electrons. The highest BCUT2D eigenvalue weighted by Gasteiger charge is 2.22. The number of nitrogens with zero attached hydrogens (tertiary/aromatic N) is 2. The third-order valence-electron chi connectivity index (χ3n) is 5.46. The van der Waals surface area contributed by atoms with Crippen LogP contribution in [0.3, 0.4) is 0 Å². The molecule has 2 aromatic carbocycles. The molecule has 4 rings (SSSR count). The molecule has 1 N–H and O–H groups in total. The van der Waals surface area contributed by atoms with Crippen LogP contribution in [0.1, 0.15) is 18.9 Å². The standard InChI is InChI=1S/C24H25N3O3/c1-16(28)27(2)14-17-5-7-19(8-6-17)20-11-22-21(4-3-9-25-22)23(12-20)30-15-18-10-24(29)26-13-18/h3-9,11-12,18H,10,13-15H2,1-2H3,(H,26,29). The number of hydrogen-bond donors (Lipinski definition) is 1. The van der Waals surface area contributed by atoms with E-state index in [1.807, 2.05) is 30.3 Å². The summed E-state index contributed by atoms with van der Waals surface area (Å²) in [7, 11) is 1.79. The van der Waals surface area contributed by atoms with Gasteiger partial charge in [0.05, 0.1) is 12.1 Å². The number of nitrogens with one attached hydrogen (secondary N) is 1. The molecule has 1 aromatic heterocycles. The molecule has 6 nitrogen and oxygen atoms in total. The third-order valence-corrected chi connectivity index (χ3v) is 5.46. The first kappa shape index (κ1) is 19.9. The summed E-state index contributed by atoms with van der Waals surface area (Å²) >= 11 is 0. The molecule has 30 heavy (non-hydrogen) atoms. The maximum atomic E-state index is 11.5. The molecule has 0 bridgehead atoms. The summed E-state index contributed by atoms with van der Waals surface area (Å²) in [6.07, 6.45) is 2.28. The van der Waals surface area contributed by atoms with Crippen molar-refractivity contribution in [2.45, 2.75) is 19.9 Å². The van der Waals surface area contributed by atoms with E-state index in [4.69, 9.17) is 4.74 Å². The Labute approximate surface area is 175 Å². The SMILES string of the molecule is CC(=O)N(C)Cc1ccc(-c2cc(OCC3CNC(=O)C3)c3cccnc3c2)cc1. The van der Waals surface area contributed by atoms with E-state index >= 15 is 0 Å². The van der Waals surface area contributed by atoms with Crippen LogP contribution in [-0.2, 0) is 16.1 Å². The zero-order valence-corrected chi connectivity index (χ0v) is 17.2. The van der Waals surface area contributed by atoms with Gasteiger partial charge in [-0.1, -0.05) is 24.3 Å². The highest BCUT2D eigenvalue weighted by atomic mass is 16.5. The van der Waals surface area contributed by atoms with E-state index in [0.717, 1.165) is 33.3 Å². The second-order valence-corrected chi connectivity index (χ2v) is 7.80. The molecule has 154 valence electrons. The van der Waals surface area contributed by atoms with Gasteiger partial charge in [0.2, 0.25) is 11.8 Å². The molecule has 2 heterocycles. The van der Waals surface area contributed by atoms with Gasteiger partial charge in [0, 0.05) is 51.0 Å². The highest BCUT2D eigenvalue weighted by molar-refractivity contribution is 5.90. The Balaban J connectivity index is 1.59. The van der Waals surface area contributed by atoms with E-state index in [2.05, 4.69) is 28.5 Å². The molecule has 1 atom stereocenters. The van der Waals surface area contributed by atoms with Gasteiger partial charge >= 0.3 is 0 Å². The number of hydrogen-bond acceptors (Lipinski definition) is 4. The molecular formula is C24H25N3O3. The lowest BCUT2D eigenvalue weighted by Crippen LogP contribution is -2.22. The largest absolute Gasteiger partial charge is 0.492 e. The van der Waals surface area contributed by atoms with Gasteiger partial charge in [-0.2, -0.15) is 0 Å². The topological polar surface area (TPSA) is 71.5 Å². The van der Waals surface area contributed by atoms with Crippen molar-refractivity contribution in [1.82, 2.24) is 15.2 Å². The summed E-state index contributed by atoms with van der Waals surface area (Å²) in [6, 6.07) is 16.2. The fraction of sp³-hybridized carbons (Fsp3) is 0.292. The van der Waals surface area contributed by atoms with Gasteiger partial charge in [-0.3, -0.25) is 14.6 Å². The monoisotopic (exact) mass is 403 g/mol. The summed E-state index contributed by atoms with van der Waals surface area (Å²) in [6.45, 7) is 3.29. The van der Waals surface area contributed by atoms with Crippen LogP contribution in [0.5, 0.6) is 5.75 Å². The van der Waals surface area contributed by atoms with Crippen molar-refractivity contribution < 1.29 is 14.3 Å². The smallest absolute Gasteiger partial charge is 0.220 e. The van der Waals surface area contributed by atoms with Crippen molar-refractivity contribution in [2.24, 2.45) is 5.92 Å². The first-order valence-corrected chi connectivity index (χ1v) is 10.1. The number of benzene rings is 2. The summed E-state index contributed by atoms with van der Waals surface area (Å²) in [5.41, 5.74) is 4.01. The van der Waals surface area contributed by atoms with Crippen LogP contribution in [0.4, 0.5) is 0 Å². The number of ether oxygens (including phenoxy) is 1. The Morgan fingerprint density at radius 2 is 2.00 bits per heavy atom. The third kappa shape index (κ3) is 4.43. The fourth-order valence-electron chi connectivity index (χ4n) is 3.61. The van der Waals surface area contributed by atoms with Crippen LogP contribution >= 0.6 is 0 Å². The van der Waals surface area contributed by atoms with E-state index in [9.17, 15) is 9.59 Å². The van der Waals surface area contributed by atoms with Crippen LogP contribution in [0.15, 0.2) is 54.7 Å². The highest BCUT2D eigenvalue weighted by Crippen LogP contribution is 2.32. The van der Waals surface area contributed by atoms with Gasteiger partial charge in [-0.25, -0.2) is 0 Å². The van der Waals surface area contributed by atoms with Crippen molar-refractivity contribution in [1.29, 1.82) is 0 Å². The predicted molar refractivity (Wildman–Crippen MR) is 116 cm³/mol. The Morgan fingerprint density at radius 3 is 2.70 bits per heavy atom. The van der Waals surface area contributed by atoms with Gasteiger partial charge in [0.15, 0.2) is 0 Å². The van der Waals surface area contributed by atoms with E-state index in [-0.39, 0.29) is 17.7 Å². The number of fused-ring (bicyclic) bond motifs is 1. The Kier molecular flexibility index (Phi) is 5.65. The molecule has 2 amide bonds. The van der Waals surface area contributed by atoms with Crippen molar-refractivity contribution in [3.8, 4) is 16.9 Å². The first-order valence-electron chi connectivity index (χ1n) is 10.1. The molecule has 1 unspecified atom stereocenters. The van der Waals surface area contributed by atoms with Crippen LogP contribution < -0.4 is 10.1 Å². The average Bonchev–Trinajstić information content (AvgIpc) is 3.17. The summed E-state index contributed by atoms with van der Waals surface area (Å²) < 4.78 is 6.14. The number of aromatic nitrogens is 1. The fourth-order valence-corrected chi connectivity index (χ4v) is 3.61. The molecule has 6 heteroatoms. The van der Waals surface area contributed by atoms with Crippen molar-refractivity contribution in [3.63, 3.8) is 0 Å². The lowest BCUT2D eigenvalue weighted by Gasteiger charge is -2.16. The van der Waals surface area contributed by atoms with Gasteiger partial charge in [-0.15, -0.1) is 0 Å². The molecule has 0 spiro atoms. The molecule has 1 aliphatic heterocycles. The number of amides is 2. The first-order chi connectivity index (χ1) is 14.5. The summed E-state index contributed by atoms with van der Waals surface area (Å²) in [5, 5.41) is 3.81. The van der Waals surface area contributed by atoms with Gasteiger partial charge < -0.3 is 15.0 Å². The maximum Gasteiger partial charge on any atom is 0.220 e.